The normalized spacial score (nSPS) is 16.6. The predicted molar refractivity (Wildman–Crippen MR) is 107 cm³/mol. The first-order valence-corrected chi connectivity index (χ1v) is 10.1. The van der Waals surface area contributed by atoms with Gasteiger partial charge in [0, 0.05) is 18.4 Å². The molecule has 0 unspecified atom stereocenters. The first kappa shape index (κ1) is 20.3. The Balaban J connectivity index is 1.60. The fraction of sp³-hybridized carbons (Fsp3) is 0.478. The number of ether oxygens (including phenoxy) is 1. The van der Waals surface area contributed by atoms with E-state index >= 15 is 0 Å². The van der Waals surface area contributed by atoms with Gasteiger partial charge in [-0.1, -0.05) is 30.3 Å². The highest BCUT2D eigenvalue weighted by Gasteiger charge is 2.38. The Hall–Kier alpha value is -2.40. The summed E-state index contributed by atoms with van der Waals surface area (Å²) in [7, 11) is 0. The number of furan rings is 1. The molecule has 0 amide bonds. The predicted octanol–water partition coefficient (Wildman–Crippen LogP) is 4.15. The molecule has 1 saturated heterocycles. The zero-order chi connectivity index (χ0) is 20.0. The van der Waals surface area contributed by atoms with Crippen LogP contribution in [0.3, 0.4) is 0 Å². The number of benzene rings is 1. The van der Waals surface area contributed by atoms with Crippen LogP contribution >= 0.6 is 0 Å². The summed E-state index contributed by atoms with van der Waals surface area (Å²) in [5.41, 5.74) is 1.01. The Morgan fingerprint density at radius 1 is 1.11 bits per heavy atom. The maximum absolute atomic E-state index is 12.3. The summed E-state index contributed by atoms with van der Waals surface area (Å²) in [6.45, 7) is 6.52. The monoisotopic (exact) mass is 383 g/mol. The van der Waals surface area contributed by atoms with E-state index in [1.165, 1.54) is 5.56 Å². The summed E-state index contributed by atoms with van der Waals surface area (Å²) >= 11 is 0. The van der Waals surface area contributed by atoms with Gasteiger partial charge in [0.2, 0.25) is 0 Å². The van der Waals surface area contributed by atoms with Crippen LogP contribution in [0.15, 0.2) is 46.9 Å². The van der Waals surface area contributed by atoms with Gasteiger partial charge in [0.15, 0.2) is 11.5 Å². The molecule has 0 spiro atoms. The number of rotatable bonds is 8. The van der Waals surface area contributed by atoms with Crippen molar-refractivity contribution in [2.24, 2.45) is 0 Å². The number of hydrogen-bond acceptors (Lipinski definition) is 5. The van der Waals surface area contributed by atoms with E-state index in [0.29, 0.717) is 31.8 Å². The molecular weight excluding hydrogens is 354 g/mol. The maximum atomic E-state index is 12.3. The molecule has 0 bridgehead atoms. The third kappa shape index (κ3) is 4.90. The molecule has 5 heteroatoms. The second kappa shape index (κ2) is 9.20. The summed E-state index contributed by atoms with van der Waals surface area (Å²) < 4.78 is 10.7. The topological polar surface area (TPSA) is 59.8 Å². The fourth-order valence-corrected chi connectivity index (χ4v) is 4.02. The largest absolute Gasteiger partial charge is 0.466 e. The second-order valence-electron chi connectivity index (χ2n) is 7.55. The molecule has 1 aromatic carbocycles. The summed E-state index contributed by atoms with van der Waals surface area (Å²) in [4.78, 5) is 26.8. The molecule has 5 nitrogen and oxygen atoms in total. The molecule has 2 aromatic rings. The van der Waals surface area contributed by atoms with Crippen molar-refractivity contribution in [3.63, 3.8) is 0 Å². The molecule has 2 heterocycles. The smallest absolute Gasteiger partial charge is 0.306 e. The molecule has 1 aliphatic heterocycles. The molecule has 150 valence electrons. The van der Waals surface area contributed by atoms with Crippen LogP contribution < -0.4 is 0 Å². The van der Waals surface area contributed by atoms with E-state index in [0.717, 1.165) is 31.7 Å². The lowest BCUT2D eigenvalue weighted by molar-refractivity contribution is -0.145. The fourth-order valence-electron chi connectivity index (χ4n) is 4.02. The Morgan fingerprint density at radius 3 is 2.43 bits per heavy atom. The standard InChI is InChI=1S/C23H29NO4/c1-3-27-22(26)17-23(19-7-5-4-6-8-19)12-15-24(16-13-23)14-11-20(25)21-10-9-18(2)28-21/h4-10H,3,11-17H2,1-2H3. The molecular formula is C23H29NO4. The van der Waals surface area contributed by atoms with Crippen LogP contribution in [0.4, 0.5) is 0 Å². The number of piperidine rings is 1. The van der Waals surface area contributed by atoms with Gasteiger partial charge in [-0.2, -0.15) is 0 Å². The first-order chi connectivity index (χ1) is 13.5. The van der Waals surface area contributed by atoms with Crippen molar-refractivity contribution in [2.75, 3.05) is 26.2 Å². The molecule has 1 fully saturated rings. The molecule has 3 rings (SSSR count). The van der Waals surface area contributed by atoms with Crippen LogP contribution in [-0.2, 0) is 14.9 Å². The van der Waals surface area contributed by atoms with Gasteiger partial charge in [0.1, 0.15) is 5.76 Å². The van der Waals surface area contributed by atoms with E-state index in [2.05, 4.69) is 17.0 Å². The summed E-state index contributed by atoms with van der Waals surface area (Å²) in [6.07, 6.45) is 2.61. The lowest BCUT2D eigenvalue weighted by Crippen LogP contribution is -2.44. The van der Waals surface area contributed by atoms with Crippen LogP contribution in [0.2, 0.25) is 0 Å². The lowest BCUT2D eigenvalue weighted by Gasteiger charge is -2.41. The molecule has 0 saturated carbocycles. The van der Waals surface area contributed by atoms with E-state index < -0.39 is 0 Å². The quantitative estimate of drug-likeness (QED) is 0.506. The zero-order valence-corrected chi connectivity index (χ0v) is 16.8. The highest BCUT2D eigenvalue weighted by atomic mass is 16.5. The molecule has 0 radical (unpaired) electrons. The molecule has 0 N–H and O–H groups in total. The summed E-state index contributed by atoms with van der Waals surface area (Å²) in [6, 6.07) is 13.8. The highest BCUT2D eigenvalue weighted by molar-refractivity contribution is 5.93. The van der Waals surface area contributed by atoms with Crippen molar-refractivity contribution in [1.29, 1.82) is 0 Å². The van der Waals surface area contributed by atoms with Crippen LogP contribution in [0.25, 0.3) is 0 Å². The van der Waals surface area contributed by atoms with Gasteiger partial charge < -0.3 is 14.1 Å². The molecule has 0 atom stereocenters. The van der Waals surface area contributed by atoms with Crippen LogP contribution in [0.5, 0.6) is 0 Å². The molecule has 1 aliphatic rings. The minimum absolute atomic E-state index is 0.0412. The third-order valence-electron chi connectivity index (χ3n) is 5.66. The van der Waals surface area contributed by atoms with Gasteiger partial charge in [-0.25, -0.2) is 0 Å². The Morgan fingerprint density at radius 2 is 1.82 bits per heavy atom. The van der Waals surface area contributed by atoms with E-state index in [1.807, 2.05) is 38.1 Å². The minimum Gasteiger partial charge on any atom is -0.466 e. The summed E-state index contributed by atoms with van der Waals surface area (Å²) in [5, 5.41) is 0. The number of hydrogen-bond donors (Lipinski definition) is 0. The van der Waals surface area contributed by atoms with E-state index in [9.17, 15) is 9.59 Å². The highest BCUT2D eigenvalue weighted by Crippen LogP contribution is 2.39. The van der Waals surface area contributed by atoms with E-state index in [1.54, 1.807) is 6.07 Å². The number of nitrogens with zero attached hydrogens (tertiary/aromatic N) is 1. The molecule has 1 aromatic heterocycles. The Bertz CT molecular complexity index is 788. The Kier molecular flexibility index (Phi) is 6.68. The van der Waals surface area contributed by atoms with Gasteiger partial charge in [0.05, 0.1) is 13.0 Å². The number of likely N-dealkylation sites (tertiary alicyclic amines) is 1. The number of aryl methyl sites for hydroxylation is 1. The number of esters is 1. The summed E-state index contributed by atoms with van der Waals surface area (Å²) in [5.74, 6) is 1.10. The van der Waals surface area contributed by atoms with Crippen LogP contribution in [0, 0.1) is 6.92 Å². The average Bonchev–Trinajstić information content (AvgIpc) is 3.14. The van der Waals surface area contributed by atoms with Crippen LogP contribution in [0.1, 0.15) is 54.5 Å². The van der Waals surface area contributed by atoms with Crippen molar-refractivity contribution < 1.29 is 18.7 Å². The number of carbonyl (C=O) groups is 2. The second-order valence-corrected chi connectivity index (χ2v) is 7.55. The number of carbonyl (C=O) groups excluding carboxylic acids is 2. The van der Waals surface area contributed by atoms with Crippen molar-refractivity contribution in [2.45, 2.75) is 44.9 Å². The van der Waals surface area contributed by atoms with E-state index in [4.69, 9.17) is 9.15 Å². The van der Waals surface area contributed by atoms with Gasteiger partial charge >= 0.3 is 5.97 Å². The van der Waals surface area contributed by atoms with Crippen molar-refractivity contribution >= 4 is 11.8 Å². The minimum atomic E-state index is -0.188. The first-order valence-electron chi connectivity index (χ1n) is 10.1. The number of Topliss-reactive ketones (excluding diaryl/α,β-unsaturated/α-hetero) is 1. The third-order valence-corrected chi connectivity index (χ3v) is 5.66. The van der Waals surface area contributed by atoms with Gasteiger partial charge in [0.25, 0.3) is 0 Å². The average molecular weight is 383 g/mol. The molecule has 28 heavy (non-hydrogen) atoms. The van der Waals surface area contributed by atoms with Gasteiger partial charge in [-0.15, -0.1) is 0 Å². The van der Waals surface area contributed by atoms with Crippen molar-refractivity contribution in [3.05, 3.63) is 59.5 Å². The van der Waals surface area contributed by atoms with Gasteiger partial charge in [-0.05, 0) is 57.5 Å². The Labute approximate surface area is 166 Å². The maximum Gasteiger partial charge on any atom is 0.306 e. The van der Waals surface area contributed by atoms with E-state index in [-0.39, 0.29) is 17.2 Å². The lowest BCUT2D eigenvalue weighted by atomic mass is 9.70. The molecule has 0 aliphatic carbocycles. The SMILES string of the molecule is CCOC(=O)CC1(c2ccccc2)CCN(CCC(=O)c2ccc(C)o2)CC1. The van der Waals surface area contributed by atoms with Crippen molar-refractivity contribution in [1.82, 2.24) is 4.90 Å². The van der Waals surface area contributed by atoms with Crippen molar-refractivity contribution in [3.8, 4) is 0 Å². The zero-order valence-electron chi connectivity index (χ0n) is 16.8. The number of ketones is 1. The van der Waals surface area contributed by atoms with Gasteiger partial charge in [-0.3, -0.25) is 9.59 Å². The van der Waals surface area contributed by atoms with Crippen LogP contribution in [-0.4, -0.2) is 42.9 Å².